The van der Waals surface area contributed by atoms with Crippen LogP contribution in [-0.2, 0) is 10.2 Å². The van der Waals surface area contributed by atoms with Crippen LogP contribution in [0, 0.1) is 10.1 Å². The van der Waals surface area contributed by atoms with Crippen LogP contribution in [0.15, 0.2) is 17.1 Å². The minimum Gasteiger partial charge on any atom is -0.321 e. The number of rotatable bonds is 2. The Morgan fingerprint density at radius 3 is 2.67 bits per heavy atom. The van der Waals surface area contributed by atoms with Gasteiger partial charge in [-0.25, -0.2) is 0 Å². The third-order valence-electron chi connectivity index (χ3n) is 2.84. The Bertz CT molecular complexity index is 576. The van der Waals surface area contributed by atoms with E-state index >= 15 is 0 Å². The van der Waals surface area contributed by atoms with Gasteiger partial charge in [0.25, 0.3) is 5.69 Å². The number of anilines is 1. The van der Waals surface area contributed by atoms with Gasteiger partial charge in [-0.2, -0.15) is 0 Å². The summed E-state index contributed by atoms with van der Waals surface area (Å²) in [5.41, 5.74) is 1.25. The second-order valence-electron chi connectivity index (χ2n) is 4.80. The maximum absolute atomic E-state index is 11.1. The van der Waals surface area contributed by atoms with E-state index in [0.29, 0.717) is 5.69 Å². The molecule has 18 heavy (non-hydrogen) atoms. The van der Waals surface area contributed by atoms with Crippen molar-refractivity contribution in [1.29, 1.82) is 0 Å². The van der Waals surface area contributed by atoms with Crippen LogP contribution in [-0.4, -0.2) is 17.0 Å². The molecule has 0 aromatic heterocycles. The van der Waals surface area contributed by atoms with E-state index in [9.17, 15) is 14.9 Å². The summed E-state index contributed by atoms with van der Waals surface area (Å²) in [6, 6.07) is 3.02. The Morgan fingerprint density at radius 2 is 2.11 bits per heavy atom. The molecule has 94 valence electrons. The van der Waals surface area contributed by atoms with Crippen molar-refractivity contribution in [2.75, 3.05) is 5.32 Å². The van der Waals surface area contributed by atoms with Gasteiger partial charge in [0.2, 0.25) is 5.91 Å². The van der Waals surface area contributed by atoms with Crippen LogP contribution in [0.5, 0.6) is 0 Å². The van der Waals surface area contributed by atoms with Gasteiger partial charge in [-0.3, -0.25) is 19.9 Å². The molecule has 6 nitrogen and oxygen atoms in total. The summed E-state index contributed by atoms with van der Waals surface area (Å²) in [5, 5.41) is 13.5. The van der Waals surface area contributed by atoms with Gasteiger partial charge in [-0.05, 0) is 11.6 Å². The zero-order valence-corrected chi connectivity index (χ0v) is 10.4. The quantitative estimate of drug-likeness (QED) is 0.643. The molecule has 0 saturated heterocycles. The van der Waals surface area contributed by atoms with E-state index in [4.69, 9.17) is 0 Å². The Labute approximate surface area is 104 Å². The van der Waals surface area contributed by atoms with Crippen LogP contribution in [0.4, 0.5) is 17.1 Å². The number of carbonyl (C=O) groups excluding carboxylic acids is 1. The molecule has 0 unspecified atom stereocenters. The lowest BCUT2D eigenvalue weighted by Gasteiger charge is -2.16. The Balaban J connectivity index is 2.60. The minimum absolute atomic E-state index is 0.140. The summed E-state index contributed by atoms with van der Waals surface area (Å²) in [6.07, 6.45) is 1.75. The topological polar surface area (TPSA) is 84.6 Å². The molecular formula is C12H13N3O3. The summed E-state index contributed by atoms with van der Waals surface area (Å²) < 4.78 is 0. The molecule has 1 aliphatic rings. The van der Waals surface area contributed by atoms with Crippen molar-refractivity contribution in [2.45, 2.75) is 26.2 Å². The molecule has 1 aromatic carbocycles. The molecule has 0 fully saturated rings. The fourth-order valence-corrected chi connectivity index (χ4v) is 1.94. The standard InChI is InChI=1S/C12H13N3O3/c1-7(16)14-10-4-8-9(5-11(10)15(17)18)13-6-12(8,2)3/h4-6H,1-3H3,(H,14,16). The number of nitrogens with zero attached hydrogens (tertiary/aromatic N) is 2. The van der Waals surface area contributed by atoms with Crippen LogP contribution in [0.25, 0.3) is 0 Å². The van der Waals surface area contributed by atoms with E-state index in [0.717, 1.165) is 5.56 Å². The second kappa shape index (κ2) is 3.90. The number of nitrogens with one attached hydrogen (secondary N) is 1. The van der Waals surface area contributed by atoms with Crippen molar-refractivity contribution in [1.82, 2.24) is 0 Å². The molecule has 0 radical (unpaired) electrons. The summed E-state index contributed by atoms with van der Waals surface area (Å²) in [7, 11) is 0. The normalized spacial score (nSPS) is 15.3. The third-order valence-corrected chi connectivity index (χ3v) is 2.84. The molecule has 0 saturated carbocycles. The van der Waals surface area contributed by atoms with E-state index in [1.54, 1.807) is 12.3 Å². The molecule has 6 heteroatoms. The first-order chi connectivity index (χ1) is 8.31. The van der Waals surface area contributed by atoms with E-state index in [-0.39, 0.29) is 22.7 Å². The van der Waals surface area contributed by atoms with Gasteiger partial charge in [0.15, 0.2) is 0 Å². The number of hydrogen-bond donors (Lipinski definition) is 1. The monoisotopic (exact) mass is 247 g/mol. The Kier molecular flexibility index (Phi) is 2.65. The average Bonchev–Trinajstić information content (AvgIpc) is 2.53. The van der Waals surface area contributed by atoms with Gasteiger partial charge >= 0.3 is 0 Å². The van der Waals surface area contributed by atoms with Crippen LogP contribution in [0.1, 0.15) is 26.3 Å². The van der Waals surface area contributed by atoms with Crippen molar-refractivity contribution < 1.29 is 9.72 Å². The molecule has 0 spiro atoms. The molecule has 1 amide bonds. The summed E-state index contributed by atoms with van der Waals surface area (Å²) in [5.74, 6) is -0.338. The van der Waals surface area contributed by atoms with Crippen molar-refractivity contribution in [3.8, 4) is 0 Å². The molecule has 2 rings (SSSR count). The van der Waals surface area contributed by atoms with E-state index in [2.05, 4.69) is 10.3 Å². The molecule has 0 atom stereocenters. The summed E-state index contributed by atoms with van der Waals surface area (Å²) in [4.78, 5) is 25.7. The van der Waals surface area contributed by atoms with Crippen LogP contribution < -0.4 is 5.32 Å². The Hall–Kier alpha value is -2.24. The lowest BCUT2D eigenvalue weighted by atomic mass is 9.86. The van der Waals surface area contributed by atoms with Crippen LogP contribution in [0.2, 0.25) is 0 Å². The summed E-state index contributed by atoms with van der Waals surface area (Å²) >= 11 is 0. The number of carbonyl (C=O) groups is 1. The number of fused-ring (bicyclic) bond motifs is 1. The highest BCUT2D eigenvalue weighted by Crippen LogP contribution is 2.42. The number of amides is 1. The molecule has 1 heterocycles. The first-order valence-corrected chi connectivity index (χ1v) is 5.47. The highest BCUT2D eigenvalue weighted by Gasteiger charge is 2.30. The van der Waals surface area contributed by atoms with Crippen molar-refractivity contribution >= 4 is 29.2 Å². The highest BCUT2D eigenvalue weighted by atomic mass is 16.6. The maximum atomic E-state index is 11.1. The van der Waals surface area contributed by atoms with Crippen molar-refractivity contribution in [3.63, 3.8) is 0 Å². The lowest BCUT2D eigenvalue weighted by molar-refractivity contribution is -0.383. The number of nitro benzene ring substituents is 1. The van der Waals surface area contributed by atoms with Crippen molar-refractivity contribution in [3.05, 3.63) is 27.8 Å². The number of benzene rings is 1. The van der Waals surface area contributed by atoms with Gasteiger partial charge in [0, 0.05) is 24.6 Å². The third kappa shape index (κ3) is 1.97. The highest BCUT2D eigenvalue weighted by molar-refractivity contribution is 5.94. The van der Waals surface area contributed by atoms with Crippen LogP contribution in [0.3, 0.4) is 0 Å². The summed E-state index contributed by atoms with van der Waals surface area (Å²) in [6.45, 7) is 5.25. The van der Waals surface area contributed by atoms with Gasteiger partial charge in [0.1, 0.15) is 5.69 Å². The van der Waals surface area contributed by atoms with Gasteiger partial charge in [-0.15, -0.1) is 0 Å². The van der Waals surface area contributed by atoms with Crippen LogP contribution >= 0.6 is 0 Å². The molecule has 0 aliphatic carbocycles. The lowest BCUT2D eigenvalue weighted by Crippen LogP contribution is -2.16. The molecule has 1 aliphatic heterocycles. The first kappa shape index (κ1) is 12.2. The van der Waals surface area contributed by atoms with Crippen molar-refractivity contribution in [2.24, 2.45) is 4.99 Å². The fourth-order valence-electron chi connectivity index (χ4n) is 1.94. The SMILES string of the molecule is CC(=O)Nc1cc2c(cc1[N+](=O)[O-])N=CC2(C)C. The average molecular weight is 247 g/mol. The van der Waals surface area contributed by atoms with Gasteiger partial charge in [-0.1, -0.05) is 13.8 Å². The fraction of sp³-hybridized carbons (Fsp3) is 0.333. The second-order valence-corrected chi connectivity index (χ2v) is 4.80. The molecule has 0 bridgehead atoms. The largest absolute Gasteiger partial charge is 0.321 e. The predicted octanol–water partition coefficient (Wildman–Crippen LogP) is 2.55. The van der Waals surface area contributed by atoms with Gasteiger partial charge in [0.05, 0.1) is 10.6 Å². The molecule has 1 N–H and O–H groups in total. The predicted molar refractivity (Wildman–Crippen MR) is 68.6 cm³/mol. The van der Waals surface area contributed by atoms with Gasteiger partial charge < -0.3 is 5.32 Å². The first-order valence-electron chi connectivity index (χ1n) is 5.47. The maximum Gasteiger partial charge on any atom is 0.294 e. The number of aliphatic imine (C=N–C) groups is 1. The zero-order valence-electron chi connectivity index (χ0n) is 10.4. The van der Waals surface area contributed by atoms with E-state index in [1.807, 2.05) is 13.8 Å². The smallest absolute Gasteiger partial charge is 0.294 e. The Morgan fingerprint density at radius 1 is 1.44 bits per heavy atom. The number of nitro groups is 1. The molecular weight excluding hydrogens is 234 g/mol. The molecule has 1 aromatic rings. The van der Waals surface area contributed by atoms with E-state index < -0.39 is 4.92 Å². The number of hydrogen-bond acceptors (Lipinski definition) is 4. The minimum atomic E-state index is -0.521. The zero-order chi connectivity index (χ0) is 13.5. The van der Waals surface area contributed by atoms with E-state index in [1.165, 1.54) is 13.0 Å².